The van der Waals surface area contributed by atoms with Crippen LogP contribution in [0, 0.1) is 10.1 Å². The average Bonchev–Trinajstić information content (AvgIpc) is 2.64. The summed E-state index contributed by atoms with van der Waals surface area (Å²) in [5, 5.41) is 10.7. The fraction of sp³-hybridized carbons (Fsp3) is 0.700. The van der Waals surface area contributed by atoms with E-state index in [-0.39, 0.29) is 5.82 Å². The molecule has 0 radical (unpaired) electrons. The van der Waals surface area contributed by atoms with Crippen molar-refractivity contribution in [1.82, 2.24) is 19.4 Å². The first-order valence-corrected chi connectivity index (χ1v) is 5.64. The molecule has 1 aliphatic rings. The van der Waals surface area contributed by atoms with Crippen molar-refractivity contribution >= 4 is 5.82 Å². The zero-order valence-corrected chi connectivity index (χ0v) is 10.2. The molecular weight excluding hydrogens is 222 g/mol. The van der Waals surface area contributed by atoms with Crippen molar-refractivity contribution in [3.8, 4) is 0 Å². The average molecular weight is 239 g/mol. The summed E-state index contributed by atoms with van der Waals surface area (Å²) in [7, 11) is 3.79. The Balaban J connectivity index is 2.01. The maximum atomic E-state index is 10.7. The highest BCUT2D eigenvalue weighted by Crippen LogP contribution is 2.13. The zero-order chi connectivity index (χ0) is 12.4. The lowest BCUT2D eigenvalue weighted by atomic mass is 10.3. The largest absolute Gasteiger partial charge is 0.358 e. The lowest BCUT2D eigenvalue weighted by Crippen LogP contribution is -2.44. The van der Waals surface area contributed by atoms with Crippen LogP contribution in [0.5, 0.6) is 0 Å². The molecule has 1 aliphatic heterocycles. The molecule has 0 spiro atoms. The van der Waals surface area contributed by atoms with E-state index in [1.165, 1.54) is 6.20 Å². The molecular formula is C10H17N5O2. The van der Waals surface area contributed by atoms with Gasteiger partial charge in [-0.1, -0.05) is 0 Å². The molecule has 0 N–H and O–H groups in total. The van der Waals surface area contributed by atoms with Crippen LogP contribution in [0.2, 0.25) is 0 Å². The molecule has 1 aromatic heterocycles. The van der Waals surface area contributed by atoms with Gasteiger partial charge in [0.1, 0.15) is 6.20 Å². The third-order valence-electron chi connectivity index (χ3n) is 3.21. The van der Waals surface area contributed by atoms with E-state index in [0.29, 0.717) is 6.54 Å². The van der Waals surface area contributed by atoms with Gasteiger partial charge in [0.05, 0.1) is 13.6 Å². The number of nitrogens with zero attached hydrogens (tertiary/aromatic N) is 5. The number of aromatic nitrogens is 2. The Morgan fingerprint density at radius 3 is 2.53 bits per heavy atom. The van der Waals surface area contributed by atoms with E-state index in [1.54, 1.807) is 11.6 Å². The zero-order valence-electron chi connectivity index (χ0n) is 10.2. The minimum absolute atomic E-state index is 0.0501. The van der Waals surface area contributed by atoms with Crippen molar-refractivity contribution in [3.05, 3.63) is 22.1 Å². The molecule has 0 unspecified atom stereocenters. The maximum Gasteiger partial charge on any atom is 0.342 e. The summed E-state index contributed by atoms with van der Waals surface area (Å²) in [6.45, 7) is 4.71. The molecule has 2 rings (SSSR count). The third kappa shape index (κ3) is 2.62. The molecule has 94 valence electrons. The van der Waals surface area contributed by atoms with Gasteiger partial charge in [0.15, 0.2) is 0 Å². The van der Waals surface area contributed by atoms with E-state index in [2.05, 4.69) is 21.8 Å². The molecule has 0 aliphatic carbocycles. The Kier molecular flexibility index (Phi) is 3.39. The summed E-state index contributed by atoms with van der Waals surface area (Å²) in [6.07, 6.45) is 1.32. The van der Waals surface area contributed by atoms with Crippen LogP contribution < -0.4 is 0 Å². The number of piperazine rings is 1. The first-order valence-electron chi connectivity index (χ1n) is 5.64. The molecule has 17 heavy (non-hydrogen) atoms. The molecule has 2 heterocycles. The number of imidazole rings is 1. The van der Waals surface area contributed by atoms with Gasteiger partial charge in [-0.15, -0.1) is 0 Å². The Morgan fingerprint density at radius 2 is 2.00 bits per heavy atom. The Morgan fingerprint density at radius 1 is 1.35 bits per heavy atom. The summed E-state index contributed by atoms with van der Waals surface area (Å²) >= 11 is 0. The highest BCUT2D eigenvalue weighted by molar-refractivity contribution is 5.18. The number of hydrogen-bond acceptors (Lipinski definition) is 5. The number of nitro groups is 1. The third-order valence-corrected chi connectivity index (χ3v) is 3.21. The quantitative estimate of drug-likeness (QED) is 0.552. The van der Waals surface area contributed by atoms with Crippen LogP contribution in [0.4, 0.5) is 5.82 Å². The maximum absolute atomic E-state index is 10.7. The predicted octanol–water partition coefficient (Wildman–Crippen LogP) is 0.0757. The lowest BCUT2D eigenvalue weighted by Gasteiger charge is -2.31. The molecule has 0 bridgehead atoms. The highest BCUT2D eigenvalue weighted by atomic mass is 16.6. The van der Waals surface area contributed by atoms with E-state index in [0.717, 1.165) is 32.0 Å². The molecule has 0 atom stereocenters. The highest BCUT2D eigenvalue weighted by Gasteiger charge is 2.20. The second-order valence-corrected chi connectivity index (χ2v) is 4.43. The van der Waals surface area contributed by atoms with Gasteiger partial charge in [-0.3, -0.25) is 4.90 Å². The van der Waals surface area contributed by atoms with Crippen LogP contribution in [0.25, 0.3) is 0 Å². The van der Waals surface area contributed by atoms with Crippen molar-refractivity contribution in [2.75, 3.05) is 33.2 Å². The summed E-state index contributed by atoms with van der Waals surface area (Å²) < 4.78 is 1.55. The van der Waals surface area contributed by atoms with Gasteiger partial charge in [-0.05, 0) is 12.0 Å². The summed E-state index contributed by atoms with van der Waals surface area (Å²) in [5.41, 5.74) is 0. The molecule has 7 heteroatoms. The predicted molar refractivity (Wildman–Crippen MR) is 62.6 cm³/mol. The minimum atomic E-state index is -0.402. The fourth-order valence-electron chi connectivity index (χ4n) is 1.96. The molecule has 1 aromatic rings. The van der Waals surface area contributed by atoms with E-state index in [9.17, 15) is 10.1 Å². The van der Waals surface area contributed by atoms with E-state index < -0.39 is 4.92 Å². The van der Waals surface area contributed by atoms with Gasteiger partial charge >= 0.3 is 5.82 Å². The summed E-state index contributed by atoms with van der Waals surface area (Å²) in [6, 6.07) is 0. The molecule has 1 saturated heterocycles. The number of likely N-dealkylation sites (N-methyl/N-ethyl adjacent to an activating group) is 1. The molecule has 1 fully saturated rings. The molecule has 7 nitrogen and oxygen atoms in total. The van der Waals surface area contributed by atoms with Crippen molar-refractivity contribution < 1.29 is 4.92 Å². The van der Waals surface area contributed by atoms with Gasteiger partial charge in [0, 0.05) is 26.2 Å². The van der Waals surface area contributed by atoms with Crippen LogP contribution in [0.3, 0.4) is 0 Å². The number of rotatable bonds is 3. The second-order valence-electron chi connectivity index (χ2n) is 4.43. The Bertz CT molecular complexity index is 409. The van der Waals surface area contributed by atoms with Gasteiger partial charge in [0.2, 0.25) is 5.82 Å². The standard InChI is InChI=1S/C10H17N5O2/c1-12-3-5-14(6-4-12)8-9-11-7-10(13(9)2)15(16)17/h7H,3-6,8H2,1-2H3. The SMILES string of the molecule is CN1CCN(Cc2ncc([N+](=O)[O-])n2C)CC1. The summed E-state index contributed by atoms with van der Waals surface area (Å²) in [4.78, 5) is 19.0. The normalized spacial score (nSPS) is 18.5. The van der Waals surface area contributed by atoms with Gasteiger partial charge in [-0.2, -0.15) is 0 Å². The number of hydrogen-bond donors (Lipinski definition) is 0. The van der Waals surface area contributed by atoms with Crippen molar-refractivity contribution in [3.63, 3.8) is 0 Å². The Labute approximate surface area is 99.8 Å². The van der Waals surface area contributed by atoms with Gasteiger partial charge in [-0.25, -0.2) is 9.55 Å². The fourth-order valence-corrected chi connectivity index (χ4v) is 1.96. The van der Waals surface area contributed by atoms with Crippen LogP contribution in [0.1, 0.15) is 5.82 Å². The monoisotopic (exact) mass is 239 g/mol. The van der Waals surface area contributed by atoms with Crippen molar-refractivity contribution in [2.45, 2.75) is 6.54 Å². The molecule has 0 aromatic carbocycles. The topological polar surface area (TPSA) is 67.4 Å². The minimum Gasteiger partial charge on any atom is -0.358 e. The first-order chi connectivity index (χ1) is 8.08. The Hall–Kier alpha value is -1.47. The molecule has 0 amide bonds. The van der Waals surface area contributed by atoms with Crippen LogP contribution in [0.15, 0.2) is 6.20 Å². The van der Waals surface area contributed by atoms with E-state index >= 15 is 0 Å². The molecule has 0 saturated carbocycles. The van der Waals surface area contributed by atoms with Crippen LogP contribution in [-0.4, -0.2) is 57.5 Å². The second kappa shape index (κ2) is 4.80. The lowest BCUT2D eigenvalue weighted by molar-refractivity contribution is -0.391. The smallest absolute Gasteiger partial charge is 0.342 e. The van der Waals surface area contributed by atoms with Crippen LogP contribution in [-0.2, 0) is 13.6 Å². The summed E-state index contributed by atoms with van der Waals surface area (Å²) in [5.74, 6) is 0.801. The van der Waals surface area contributed by atoms with E-state index in [1.807, 2.05) is 0 Å². The van der Waals surface area contributed by atoms with E-state index in [4.69, 9.17) is 0 Å². The first kappa shape index (κ1) is 12.0. The van der Waals surface area contributed by atoms with Gasteiger partial charge < -0.3 is 15.0 Å². The van der Waals surface area contributed by atoms with Crippen molar-refractivity contribution in [1.29, 1.82) is 0 Å². The van der Waals surface area contributed by atoms with Crippen molar-refractivity contribution in [2.24, 2.45) is 7.05 Å². The van der Waals surface area contributed by atoms with Crippen LogP contribution >= 0.6 is 0 Å². The van der Waals surface area contributed by atoms with Gasteiger partial charge in [0.25, 0.3) is 0 Å².